The van der Waals surface area contributed by atoms with Gasteiger partial charge in [-0.1, -0.05) is 102 Å². The third-order valence-electron chi connectivity index (χ3n) is 5.67. The van der Waals surface area contributed by atoms with E-state index in [1.807, 2.05) is 42.5 Å². The lowest BCUT2D eigenvalue weighted by Gasteiger charge is -2.07. The summed E-state index contributed by atoms with van der Waals surface area (Å²) in [6.07, 6.45) is 0. The number of ketones is 1. The zero-order valence-corrected chi connectivity index (χ0v) is 21.9. The summed E-state index contributed by atoms with van der Waals surface area (Å²) < 4.78 is 6.70. The average molecular weight is 563 g/mol. The number of rotatable bonds is 7. The van der Waals surface area contributed by atoms with E-state index in [2.05, 4.69) is 10.1 Å². The monoisotopic (exact) mass is 561 g/mol. The van der Waals surface area contributed by atoms with Crippen LogP contribution < -0.4 is 0 Å². The summed E-state index contributed by atoms with van der Waals surface area (Å²) in [7, 11) is 0. The maximum absolute atomic E-state index is 12.8. The number of nitrogens with zero attached hydrogens (tertiary/aromatic N) is 3. The van der Waals surface area contributed by atoms with Crippen molar-refractivity contribution in [3.05, 3.63) is 124 Å². The normalized spacial score (nSPS) is 10.8. The van der Waals surface area contributed by atoms with Crippen LogP contribution in [-0.4, -0.2) is 33.1 Å². The van der Waals surface area contributed by atoms with Gasteiger partial charge in [-0.25, -0.2) is 14.5 Å². The highest BCUT2D eigenvalue weighted by atomic mass is 35.5. The van der Waals surface area contributed by atoms with Gasteiger partial charge < -0.3 is 4.74 Å². The van der Waals surface area contributed by atoms with Gasteiger partial charge >= 0.3 is 5.97 Å². The SMILES string of the molecule is O=C(COC(=O)c1nc(-c2cccc(Cl)c2)n(-c2ccc(Cl)c(Cl)c2)n1)c1ccc(-c2ccccc2)cc1. The summed E-state index contributed by atoms with van der Waals surface area (Å²) in [5, 5.41) is 5.49. The molecule has 0 radical (unpaired) electrons. The number of halogens is 3. The van der Waals surface area contributed by atoms with Crippen molar-refractivity contribution in [1.82, 2.24) is 14.8 Å². The number of benzene rings is 4. The van der Waals surface area contributed by atoms with Crippen LogP contribution in [0.2, 0.25) is 15.1 Å². The Labute approximate surface area is 233 Å². The molecule has 9 heteroatoms. The van der Waals surface area contributed by atoms with Crippen molar-refractivity contribution >= 4 is 46.6 Å². The number of ether oxygens (including phenoxy) is 1. The Morgan fingerprint density at radius 1 is 0.737 bits per heavy atom. The van der Waals surface area contributed by atoms with E-state index < -0.39 is 12.6 Å². The summed E-state index contributed by atoms with van der Waals surface area (Å²) in [6.45, 7) is -0.461. The first-order chi connectivity index (χ1) is 18.4. The van der Waals surface area contributed by atoms with Crippen LogP contribution in [0.5, 0.6) is 0 Å². The van der Waals surface area contributed by atoms with E-state index >= 15 is 0 Å². The molecule has 0 atom stereocenters. The van der Waals surface area contributed by atoms with Crippen molar-refractivity contribution in [2.75, 3.05) is 6.61 Å². The molecule has 188 valence electrons. The quantitative estimate of drug-likeness (QED) is 0.151. The molecular weight excluding hydrogens is 545 g/mol. The molecule has 0 unspecified atom stereocenters. The minimum atomic E-state index is -0.846. The predicted octanol–water partition coefficient (Wildman–Crippen LogP) is 7.60. The van der Waals surface area contributed by atoms with Crippen LogP contribution in [0.4, 0.5) is 0 Å². The molecule has 38 heavy (non-hydrogen) atoms. The second kappa shape index (κ2) is 11.2. The third-order valence-corrected chi connectivity index (χ3v) is 6.64. The minimum absolute atomic E-state index is 0.224. The Morgan fingerprint density at radius 2 is 1.45 bits per heavy atom. The van der Waals surface area contributed by atoms with Gasteiger partial charge in [-0.2, -0.15) is 0 Å². The second-order valence-corrected chi connectivity index (χ2v) is 9.47. The molecule has 0 saturated heterocycles. The van der Waals surface area contributed by atoms with Crippen LogP contribution in [0, 0.1) is 0 Å². The highest BCUT2D eigenvalue weighted by molar-refractivity contribution is 6.42. The van der Waals surface area contributed by atoms with Crippen molar-refractivity contribution in [2.24, 2.45) is 0 Å². The Hall–Kier alpha value is -3.97. The molecule has 0 aliphatic carbocycles. The largest absolute Gasteiger partial charge is 0.451 e. The summed E-state index contributed by atoms with van der Waals surface area (Å²) in [5.41, 5.74) is 3.58. The maximum atomic E-state index is 12.8. The molecule has 0 fully saturated rings. The Kier molecular flexibility index (Phi) is 7.56. The highest BCUT2D eigenvalue weighted by Gasteiger charge is 2.22. The van der Waals surface area contributed by atoms with Gasteiger partial charge in [-0.05, 0) is 41.5 Å². The topological polar surface area (TPSA) is 74.1 Å². The van der Waals surface area contributed by atoms with E-state index in [-0.39, 0.29) is 11.6 Å². The van der Waals surface area contributed by atoms with Crippen molar-refractivity contribution in [2.45, 2.75) is 0 Å². The van der Waals surface area contributed by atoms with E-state index in [9.17, 15) is 9.59 Å². The van der Waals surface area contributed by atoms with E-state index in [1.165, 1.54) is 4.68 Å². The van der Waals surface area contributed by atoms with E-state index in [4.69, 9.17) is 39.5 Å². The lowest BCUT2D eigenvalue weighted by atomic mass is 10.0. The summed E-state index contributed by atoms with van der Waals surface area (Å²) in [6, 6.07) is 28.8. The number of hydrogen-bond acceptors (Lipinski definition) is 5. The van der Waals surface area contributed by atoms with Gasteiger partial charge in [0.2, 0.25) is 0 Å². The first-order valence-electron chi connectivity index (χ1n) is 11.4. The van der Waals surface area contributed by atoms with Gasteiger partial charge in [0, 0.05) is 16.1 Å². The van der Waals surface area contributed by atoms with Crippen molar-refractivity contribution in [3.8, 4) is 28.2 Å². The van der Waals surface area contributed by atoms with Gasteiger partial charge in [0.15, 0.2) is 18.2 Å². The van der Waals surface area contributed by atoms with Crippen molar-refractivity contribution in [1.29, 1.82) is 0 Å². The Bertz CT molecular complexity index is 1630. The molecule has 0 amide bonds. The first-order valence-corrected chi connectivity index (χ1v) is 12.6. The molecule has 6 nitrogen and oxygen atoms in total. The molecule has 0 spiro atoms. The van der Waals surface area contributed by atoms with Crippen LogP contribution in [0.3, 0.4) is 0 Å². The molecule has 5 rings (SSSR count). The molecule has 0 N–H and O–H groups in total. The van der Waals surface area contributed by atoms with Crippen LogP contribution in [0.1, 0.15) is 21.0 Å². The average Bonchev–Trinajstić information content (AvgIpc) is 3.39. The fourth-order valence-electron chi connectivity index (χ4n) is 3.77. The van der Waals surface area contributed by atoms with E-state index in [1.54, 1.807) is 54.6 Å². The zero-order chi connectivity index (χ0) is 26.6. The lowest BCUT2D eigenvalue weighted by molar-refractivity contribution is 0.0462. The minimum Gasteiger partial charge on any atom is -0.451 e. The molecule has 1 heterocycles. The number of hydrogen-bond donors (Lipinski definition) is 0. The lowest BCUT2D eigenvalue weighted by Crippen LogP contribution is -2.15. The van der Waals surface area contributed by atoms with Crippen LogP contribution >= 0.6 is 34.8 Å². The van der Waals surface area contributed by atoms with Crippen molar-refractivity contribution in [3.63, 3.8) is 0 Å². The Morgan fingerprint density at radius 3 is 2.16 bits per heavy atom. The molecule has 0 aliphatic rings. The van der Waals surface area contributed by atoms with Gasteiger partial charge in [0.25, 0.3) is 5.82 Å². The number of aromatic nitrogens is 3. The molecular formula is C29H18Cl3N3O3. The molecule has 4 aromatic carbocycles. The summed E-state index contributed by atoms with van der Waals surface area (Å²) >= 11 is 18.4. The zero-order valence-electron chi connectivity index (χ0n) is 19.6. The van der Waals surface area contributed by atoms with Gasteiger partial charge in [0.1, 0.15) is 0 Å². The van der Waals surface area contributed by atoms with Gasteiger partial charge in [0.05, 0.1) is 15.7 Å². The smallest absolute Gasteiger partial charge is 0.378 e. The fourth-order valence-corrected chi connectivity index (χ4v) is 4.25. The predicted molar refractivity (Wildman–Crippen MR) is 148 cm³/mol. The van der Waals surface area contributed by atoms with Gasteiger partial charge in [-0.3, -0.25) is 4.79 Å². The standard InChI is InChI=1S/C29H18Cl3N3O3/c30-22-8-4-7-21(15-22)28-33-27(34-35(28)23-13-14-24(31)25(32)16-23)29(37)38-17-26(36)20-11-9-19(10-12-20)18-5-2-1-3-6-18/h1-16H,17H2. The summed E-state index contributed by atoms with van der Waals surface area (Å²) in [4.78, 5) is 29.9. The number of Topliss-reactive ketones (excluding diaryl/α,β-unsaturated/α-hetero) is 1. The molecule has 5 aromatic rings. The summed E-state index contributed by atoms with van der Waals surface area (Å²) in [5.74, 6) is -1.09. The Balaban J connectivity index is 1.36. The van der Waals surface area contributed by atoms with Gasteiger partial charge in [-0.15, -0.1) is 5.10 Å². The molecule has 1 aromatic heterocycles. The van der Waals surface area contributed by atoms with E-state index in [0.717, 1.165) is 11.1 Å². The van der Waals surface area contributed by atoms with Crippen molar-refractivity contribution < 1.29 is 14.3 Å². The molecule has 0 aliphatic heterocycles. The van der Waals surface area contributed by atoms with Crippen LogP contribution in [0.15, 0.2) is 97.1 Å². The van der Waals surface area contributed by atoms with E-state index in [0.29, 0.717) is 37.7 Å². The molecule has 0 bridgehead atoms. The number of carbonyl (C=O) groups excluding carboxylic acids is 2. The van der Waals surface area contributed by atoms with Crippen LogP contribution in [0.25, 0.3) is 28.2 Å². The first kappa shape index (κ1) is 25.7. The third kappa shape index (κ3) is 5.63. The fraction of sp³-hybridized carbons (Fsp3) is 0.0345. The second-order valence-electron chi connectivity index (χ2n) is 8.22. The van der Waals surface area contributed by atoms with Crippen LogP contribution in [-0.2, 0) is 4.74 Å². The number of esters is 1. The molecule has 0 saturated carbocycles. The number of carbonyl (C=O) groups is 2. The highest BCUT2D eigenvalue weighted by Crippen LogP contribution is 2.28. The maximum Gasteiger partial charge on any atom is 0.378 e.